The number of hydrogen-bond acceptors (Lipinski definition) is 7. The van der Waals surface area contributed by atoms with Gasteiger partial charge in [0.2, 0.25) is 0 Å². The minimum absolute atomic E-state index is 0.116. The summed E-state index contributed by atoms with van der Waals surface area (Å²) in [6.07, 6.45) is 6.71. The first kappa shape index (κ1) is 19.0. The van der Waals surface area contributed by atoms with Crippen molar-refractivity contribution in [2.75, 3.05) is 38.2 Å². The van der Waals surface area contributed by atoms with Crippen LogP contribution in [0.5, 0.6) is 5.75 Å². The standard InChI is InChI=1S/C20H24N6O3/c1-14(2)29-20(27)25-10-8-24(9-11-25)18-5-7-26-19(23-18)16(12-22-26)15-4-6-21-13-17(15)28-3/h4-7,12-14H,8-11H2,1-3H3. The van der Waals surface area contributed by atoms with E-state index in [2.05, 4.69) is 15.0 Å². The van der Waals surface area contributed by atoms with E-state index in [1.165, 1.54) is 0 Å². The molecule has 3 aromatic heterocycles. The maximum atomic E-state index is 12.1. The van der Waals surface area contributed by atoms with Crippen LogP contribution in [0, 0.1) is 0 Å². The van der Waals surface area contributed by atoms with Crippen LogP contribution in [0.25, 0.3) is 16.8 Å². The van der Waals surface area contributed by atoms with Crippen LogP contribution in [0.3, 0.4) is 0 Å². The first-order valence-electron chi connectivity index (χ1n) is 9.60. The smallest absolute Gasteiger partial charge is 0.410 e. The molecule has 29 heavy (non-hydrogen) atoms. The average molecular weight is 396 g/mol. The Hall–Kier alpha value is -3.36. The van der Waals surface area contributed by atoms with E-state index in [1.807, 2.05) is 32.2 Å². The lowest BCUT2D eigenvalue weighted by atomic mass is 10.1. The molecule has 4 rings (SSSR count). The number of piperazine rings is 1. The van der Waals surface area contributed by atoms with Crippen molar-refractivity contribution in [3.8, 4) is 16.9 Å². The molecule has 0 aliphatic carbocycles. The van der Waals surface area contributed by atoms with Gasteiger partial charge in [0, 0.05) is 44.1 Å². The van der Waals surface area contributed by atoms with Crippen molar-refractivity contribution in [3.63, 3.8) is 0 Å². The van der Waals surface area contributed by atoms with Gasteiger partial charge in [0.05, 0.1) is 31.2 Å². The third-order valence-electron chi connectivity index (χ3n) is 4.85. The number of fused-ring (bicyclic) bond motifs is 1. The number of rotatable bonds is 4. The second kappa shape index (κ2) is 7.94. The molecular weight excluding hydrogens is 372 g/mol. The fourth-order valence-electron chi connectivity index (χ4n) is 3.38. The number of hydrogen-bond donors (Lipinski definition) is 0. The molecule has 0 aromatic carbocycles. The molecular formula is C20H24N6O3. The van der Waals surface area contributed by atoms with Gasteiger partial charge in [-0.25, -0.2) is 14.3 Å². The van der Waals surface area contributed by atoms with Crippen molar-refractivity contribution >= 4 is 17.6 Å². The molecule has 0 atom stereocenters. The van der Waals surface area contributed by atoms with Gasteiger partial charge in [0.15, 0.2) is 5.65 Å². The van der Waals surface area contributed by atoms with Crippen molar-refractivity contribution in [3.05, 3.63) is 36.9 Å². The molecule has 4 heterocycles. The van der Waals surface area contributed by atoms with Gasteiger partial charge in [0.1, 0.15) is 11.6 Å². The van der Waals surface area contributed by atoms with Gasteiger partial charge in [-0.2, -0.15) is 5.10 Å². The molecule has 0 radical (unpaired) electrons. The van der Waals surface area contributed by atoms with E-state index in [9.17, 15) is 4.79 Å². The second-order valence-electron chi connectivity index (χ2n) is 7.09. The number of ether oxygens (including phenoxy) is 2. The van der Waals surface area contributed by atoms with E-state index in [4.69, 9.17) is 14.5 Å². The fraction of sp³-hybridized carbons (Fsp3) is 0.400. The lowest BCUT2D eigenvalue weighted by molar-refractivity contribution is 0.0751. The van der Waals surface area contributed by atoms with Crippen LogP contribution in [-0.2, 0) is 4.74 Å². The number of methoxy groups -OCH3 is 1. The predicted octanol–water partition coefficient (Wildman–Crippen LogP) is 2.47. The van der Waals surface area contributed by atoms with Gasteiger partial charge in [0.25, 0.3) is 0 Å². The van der Waals surface area contributed by atoms with E-state index in [0.717, 1.165) is 22.6 Å². The van der Waals surface area contributed by atoms with Crippen molar-refractivity contribution < 1.29 is 14.3 Å². The Morgan fingerprint density at radius 3 is 2.62 bits per heavy atom. The van der Waals surface area contributed by atoms with Gasteiger partial charge >= 0.3 is 6.09 Å². The van der Waals surface area contributed by atoms with Crippen molar-refractivity contribution in [1.82, 2.24) is 24.5 Å². The summed E-state index contributed by atoms with van der Waals surface area (Å²) < 4.78 is 12.5. The van der Waals surface area contributed by atoms with Gasteiger partial charge < -0.3 is 19.3 Å². The number of carbonyl (C=O) groups is 1. The van der Waals surface area contributed by atoms with Crippen LogP contribution in [-0.4, -0.2) is 70.0 Å². The maximum absolute atomic E-state index is 12.1. The van der Waals surface area contributed by atoms with Crippen molar-refractivity contribution in [2.24, 2.45) is 0 Å². The fourth-order valence-corrected chi connectivity index (χ4v) is 3.38. The highest BCUT2D eigenvalue weighted by atomic mass is 16.6. The first-order valence-corrected chi connectivity index (χ1v) is 9.60. The molecule has 1 saturated heterocycles. The summed E-state index contributed by atoms with van der Waals surface area (Å²) in [5, 5.41) is 4.41. The summed E-state index contributed by atoms with van der Waals surface area (Å²) >= 11 is 0. The highest BCUT2D eigenvalue weighted by Crippen LogP contribution is 2.31. The summed E-state index contributed by atoms with van der Waals surface area (Å²) in [5.74, 6) is 1.52. The van der Waals surface area contributed by atoms with Gasteiger partial charge in [-0.1, -0.05) is 0 Å². The van der Waals surface area contributed by atoms with E-state index in [-0.39, 0.29) is 12.2 Å². The van der Waals surface area contributed by atoms with Crippen LogP contribution < -0.4 is 9.64 Å². The molecule has 0 bridgehead atoms. The zero-order chi connectivity index (χ0) is 20.4. The molecule has 1 amide bonds. The van der Waals surface area contributed by atoms with Crippen molar-refractivity contribution in [1.29, 1.82) is 0 Å². The van der Waals surface area contributed by atoms with Gasteiger partial charge in [-0.3, -0.25) is 4.98 Å². The molecule has 0 N–H and O–H groups in total. The Labute approximate surface area is 168 Å². The van der Waals surface area contributed by atoms with E-state index >= 15 is 0 Å². The number of aromatic nitrogens is 4. The first-order chi connectivity index (χ1) is 14.1. The van der Waals surface area contributed by atoms with Crippen LogP contribution >= 0.6 is 0 Å². The van der Waals surface area contributed by atoms with E-state index < -0.39 is 0 Å². The predicted molar refractivity (Wildman–Crippen MR) is 108 cm³/mol. The summed E-state index contributed by atoms with van der Waals surface area (Å²) in [6, 6.07) is 3.83. The molecule has 1 fully saturated rings. The minimum Gasteiger partial charge on any atom is -0.494 e. The zero-order valence-electron chi connectivity index (χ0n) is 16.8. The van der Waals surface area contributed by atoms with Gasteiger partial charge in [-0.05, 0) is 26.0 Å². The largest absolute Gasteiger partial charge is 0.494 e. The molecule has 1 aliphatic heterocycles. The number of nitrogens with zero attached hydrogens (tertiary/aromatic N) is 6. The van der Waals surface area contributed by atoms with E-state index in [0.29, 0.717) is 31.9 Å². The molecule has 3 aromatic rings. The molecule has 0 saturated carbocycles. The van der Waals surface area contributed by atoms with Crippen molar-refractivity contribution in [2.45, 2.75) is 20.0 Å². The SMILES string of the molecule is COc1cnccc1-c1cnn2ccc(N3CCN(C(=O)OC(C)C)CC3)nc12. The van der Waals surface area contributed by atoms with Gasteiger partial charge in [-0.15, -0.1) is 0 Å². The molecule has 152 valence electrons. The number of amides is 1. The summed E-state index contributed by atoms with van der Waals surface area (Å²) in [7, 11) is 1.62. The number of pyridine rings is 1. The Balaban J connectivity index is 1.56. The van der Waals surface area contributed by atoms with Crippen LogP contribution in [0.1, 0.15) is 13.8 Å². The highest BCUT2D eigenvalue weighted by Gasteiger charge is 2.24. The molecule has 0 spiro atoms. The Morgan fingerprint density at radius 1 is 1.10 bits per heavy atom. The zero-order valence-corrected chi connectivity index (χ0v) is 16.8. The van der Waals surface area contributed by atoms with Crippen LogP contribution in [0.15, 0.2) is 36.9 Å². The molecule has 9 nitrogen and oxygen atoms in total. The maximum Gasteiger partial charge on any atom is 0.410 e. The third kappa shape index (κ3) is 3.80. The lowest BCUT2D eigenvalue weighted by Gasteiger charge is -2.35. The molecule has 0 unspecified atom stereocenters. The summed E-state index contributed by atoms with van der Waals surface area (Å²) in [5.41, 5.74) is 2.52. The minimum atomic E-state index is -0.258. The third-order valence-corrected chi connectivity index (χ3v) is 4.85. The monoisotopic (exact) mass is 396 g/mol. The highest BCUT2D eigenvalue weighted by molar-refractivity contribution is 5.81. The lowest BCUT2D eigenvalue weighted by Crippen LogP contribution is -2.49. The normalized spacial score (nSPS) is 14.5. The second-order valence-corrected chi connectivity index (χ2v) is 7.09. The Morgan fingerprint density at radius 2 is 1.90 bits per heavy atom. The number of anilines is 1. The molecule has 9 heteroatoms. The van der Waals surface area contributed by atoms with Crippen LogP contribution in [0.4, 0.5) is 10.6 Å². The topological polar surface area (TPSA) is 85.1 Å². The summed E-state index contributed by atoms with van der Waals surface area (Å²) in [6.45, 7) is 6.30. The van der Waals surface area contributed by atoms with Crippen LogP contribution in [0.2, 0.25) is 0 Å². The number of carbonyl (C=O) groups excluding carboxylic acids is 1. The van der Waals surface area contributed by atoms with E-state index in [1.54, 1.807) is 35.1 Å². The Kier molecular flexibility index (Phi) is 5.20. The quantitative estimate of drug-likeness (QED) is 0.670. The average Bonchev–Trinajstić information content (AvgIpc) is 3.16. The Bertz CT molecular complexity index is 1010. The summed E-state index contributed by atoms with van der Waals surface area (Å²) in [4.78, 5) is 25.0. The molecule has 1 aliphatic rings.